The first-order chi connectivity index (χ1) is 14.4. The highest BCUT2D eigenvalue weighted by atomic mass is 35.5. The van der Waals surface area contributed by atoms with E-state index < -0.39 is 0 Å². The first-order valence-electron chi connectivity index (χ1n) is 10.4. The van der Waals surface area contributed by atoms with Gasteiger partial charge in [0, 0.05) is 28.9 Å². The number of carbonyl (C=O) groups excluding carboxylic acids is 2. The number of halogens is 1. The van der Waals surface area contributed by atoms with Crippen LogP contribution in [0.1, 0.15) is 43.7 Å². The van der Waals surface area contributed by atoms with Crippen LogP contribution in [0.2, 0.25) is 5.02 Å². The fourth-order valence-electron chi connectivity index (χ4n) is 3.74. The topological polar surface area (TPSA) is 49.9 Å². The summed E-state index contributed by atoms with van der Waals surface area (Å²) >= 11 is 7.68. The molecule has 162 valence electrons. The van der Waals surface area contributed by atoms with Gasteiger partial charge in [-0.3, -0.25) is 9.59 Å². The van der Waals surface area contributed by atoms with E-state index in [4.69, 9.17) is 16.3 Å². The number of ether oxygens (including phenoxy) is 1. The van der Waals surface area contributed by atoms with E-state index in [9.17, 15) is 9.59 Å². The van der Waals surface area contributed by atoms with Crippen molar-refractivity contribution in [2.24, 2.45) is 5.92 Å². The van der Waals surface area contributed by atoms with Gasteiger partial charge in [0.1, 0.15) is 12.4 Å². The van der Waals surface area contributed by atoms with Gasteiger partial charge in [-0.1, -0.05) is 32.4 Å². The molecule has 1 aromatic heterocycles. The number of amides is 2. The van der Waals surface area contributed by atoms with E-state index in [1.165, 1.54) is 4.88 Å². The van der Waals surface area contributed by atoms with E-state index in [2.05, 4.69) is 11.4 Å². The average molecular weight is 449 g/mol. The lowest BCUT2D eigenvalue weighted by Crippen LogP contribution is -2.48. The standard InChI is InChI=1S/C23H29ClN2O3S/c1-4-11-25(23(28)16(2)3)14-22(27)26-12-9-21-19(10-13-30-21)20(26)15-29-18-7-5-17(24)6-8-18/h5-8,10,13,16,20H,4,9,11-12,14-15H2,1-3H3/t20-/m1/s1. The van der Waals surface area contributed by atoms with Crippen LogP contribution in [0.15, 0.2) is 35.7 Å². The van der Waals surface area contributed by atoms with Crippen LogP contribution in [0, 0.1) is 5.92 Å². The summed E-state index contributed by atoms with van der Waals surface area (Å²) in [4.78, 5) is 30.7. The summed E-state index contributed by atoms with van der Waals surface area (Å²) in [5.74, 6) is 0.585. The highest BCUT2D eigenvalue weighted by Crippen LogP contribution is 2.34. The Morgan fingerprint density at radius 2 is 2.00 bits per heavy atom. The van der Waals surface area contributed by atoms with Crippen LogP contribution in [0.5, 0.6) is 5.75 Å². The van der Waals surface area contributed by atoms with Crippen LogP contribution in [-0.4, -0.2) is 47.9 Å². The number of rotatable bonds is 8. The Morgan fingerprint density at radius 1 is 1.27 bits per heavy atom. The summed E-state index contributed by atoms with van der Waals surface area (Å²) in [7, 11) is 0. The Labute approximate surface area is 187 Å². The van der Waals surface area contributed by atoms with Gasteiger partial charge in [-0.2, -0.15) is 0 Å². The monoisotopic (exact) mass is 448 g/mol. The Hall–Kier alpha value is -2.05. The van der Waals surface area contributed by atoms with E-state index in [1.54, 1.807) is 28.4 Å². The van der Waals surface area contributed by atoms with Gasteiger partial charge >= 0.3 is 0 Å². The molecule has 1 aliphatic rings. The van der Waals surface area contributed by atoms with Crippen LogP contribution in [-0.2, 0) is 16.0 Å². The smallest absolute Gasteiger partial charge is 0.242 e. The highest BCUT2D eigenvalue weighted by molar-refractivity contribution is 7.10. The van der Waals surface area contributed by atoms with Gasteiger partial charge in [0.15, 0.2) is 0 Å². The maximum atomic E-state index is 13.3. The summed E-state index contributed by atoms with van der Waals surface area (Å²) < 4.78 is 6.02. The molecule has 2 aromatic rings. The van der Waals surface area contributed by atoms with E-state index in [-0.39, 0.29) is 30.3 Å². The van der Waals surface area contributed by atoms with Crippen LogP contribution >= 0.6 is 22.9 Å². The Bertz CT molecular complexity index is 866. The molecule has 0 aliphatic carbocycles. The molecule has 2 amide bonds. The second-order valence-corrected chi connectivity index (χ2v) is 9.27. The van der Waals surface area contributed by atoms with E-state index in [0.717, 1.165) is 24.2 Å². The van der Waals surface area contributed by atoms with Crippen LogP contribution < -0.4 is 4.74 Å². The number of thiophene rings is 1. The molecule has 0 radical (unpaired) electrons. The lowest BCUT2D eigenvalue weighted by Gasteiger charge is -2.37. The van der Waals surface area contributed by atoms with Gasteiger partial charge in [0.25, 0.3) is 0 Å². The molecule has 2 heterocycles. The lowest BCUT2D eigenvalue weighted by molar-refractivity contribution is -0.144. The zero-order valence-electron chi connectivity index (χ0n) is 17.8. The third-order valence-electron chi connectivity index (χ3n) is 5.26. The average Bonchev–Trinajstić information content (AvgIpc) is 3.21. The van der Waals surface area contributed by atoms with Crippen LogP contribution in [0.4, 0.5) is 0 Å². The molecule has 0 spiro atoms. The van der Waals surface area contributed by atoms with Gasteiger partial charge in [-0.05, 0) is 54.1 Å². The van der Waals surface area contributed by atoms with E-state index >= 15 is 0 Å². The Morgan fingerprint density at radius 3 is 2.67 bits per heavy atom. The van der Waals surface area contributed by atoms with Gasteiger partial charge in [0.2, 0.25) is 11.8 Å². The summed E-state index contributed by atoms with van der Waals surface area (Å²) in [6.45, 7) is 7.47. The van der Waals surface area contributed by atoms with E-state index in [1.807, 2.05) is 37.8 Å². The SMILES string of the molecule is CCCN(CC(=O)N1CCc2sccc2[C@H]1COc1ccc(Cl)cc1)C(=O)C(C)C. The second kappa shape index (κ2) is 10.3. The quantitative estimate of drug-likeness (QED) is 0.582. The molecule has 0 saturated carbocycles. The number of nitrogens with zero attached hydrogens (tertiary/aromatic N) is 2. The largest absolute Gasteiger partial charge is 0.491 e. The zero-order valence-corrected chi connectivity index (χ0v) is 19.3. The van der Waals surface area contributed by atoms with Crippen LogP contribution in [0.25, 0.3) is 0 Å². The Kier molecular flexibility index (Phi) is 7.78. The van der Waals surface area contributed by atoms with Crippen molar-refractivity contribution in [3.05, 3.63) is 51.2 Å². The molecule has 3 rings (SSSR count). The summed E-state index contributed by atoms with van der Waals surface area (Å²) in [5, 5.41) is 2.72. The number of fused-ring (bicyclic) bond motifs is 1. The van der Waals surface area contributed by atoms with Crippen molar-refractivity contribution in [3.63, 3.8) is 0 Å². The molecular formula is C23H29ClN2O3S. The minimum atomic E-state index is -0.166. The van der Waals surface area contributed by atoms with Crippen molar-refractivity contribution in [2.75, 3.05) is 26.2 Å². The number of hydrogen-bond donors (Lipinski definition) is 0. The maximum Gasteiger partial charge on any atom is 0.242 e. The predicted molar refractivity (Wildman–Crippen MR) is 121 cm³/mol. The van der Waals surface area contributed by atoms with Crippen molar-refractivity contribution >= 4 is 34.8 Å². The van der Waals surface area contributed by atoms with Gasteiger partial charge in [0.05, 0.1) is 12.6 Å². The molecule has 0 saturated heterocycles. The summed E-state index contributed by atoms with van der Waals surface area (Å²) in [5.41, 5.74) is 1.14. The maximum absolute atomic E-state index is 13.3. The molecule has 5 nitrogen and oxygen atoms in total. The molecule has 0 fully saturated rings. The molecular weight excluding hydrogens is 420 g/mol. The number of benzene rings is 1. The molecule has 7 heteroatoms. The fraction of sp³-hybridized carbons (Fsp3) is 0.478. The molecule has 1 atom stereocenters. The zero-order chi connectivity index (χ0) is 21.7. The third-order valence-corrected chi connectivity index (χ3v) is 6.51. The number of carbonyl (C=O) groups is 2. The number of hydrogen-bond acceptors (Lipinski definition) is 4. The molecule has 0 unspecified atom stereocenters. The first kappa shape index (κ1) is 22.6. The van der Waals surface area contributed by atoms with Gasteiger partial charge in [-0.15, -0.1) is 11.3 Å². The minimum Gasteiger partial charge on any atom is -0.491 e. The molecule has 0 N–H and O–H groups in total. The fourth-order valence-corrected chi connectivity index (χ4v) is 4.79. The Balaban J connectivity index is 1.76. The van der Waals surface area contributed by atoms with Crippen molar-refractivity contribution in [3.8, 4) is 5.75 Å². The molecule has 1 aromatic carbocycles. The van der Waals surface area contributed by atoms with E-state index in [0.29, 0.717) is 24.7 Å². The van der Waals surface area contributed by atoms with Gasteiger partial charge < -0.3 is 14.5 Å². The summed E-state index contributed by atoms with van der Waals surface area (Å²) in [6, 6.07) is 9.15. The molecule has 0 bridgehead atoms. The van der Waals surface area contributed by atoms with Crippen molar-refractivity contribution in [1.29, 1.82) is 0 Å². The van der Waals surface area contributed by atoms with Crippen molar-refractivity contribution in [1.82, 2.24) is 9.80 Å². The van der Waals surface area contributed by atoms with Crippen LogP contribution in [0.3, 0.4) is 0 Å². The van der Waals surface area contributed by atoms with Gasteiger partial charge in [-0.25, -0.2) is 0 Å². The highest BCUT2D eigenvalue weighted by Gasteiger charge is 2.33. The summed E-state index contributed by atoms with van der Waals surface area (Å²) in [6.07, 6.45) is 1.66. The van der Waals surface area contributed by atoms with Crippen molar-refractivity contribution in [2.45, 2.75) is 39.7 Å². The second-order valence-electron chi connectivity index (χ2n) is 7.83. The first-order valence-corrected chi connectivity index (χ1v) is 11.7. The normalized spacial score (nSPS) is 15.8. The molecule has 1 aliphatic heterocycles. The molecule has 30 heavy (non-hydrogen) atoms. The van der Waals surface area contributed by atoms with Crippen molar-refractivity contribution < 1.29 is 14.3 Å². The third kappa shape index (κ3) is 5.35. The predicted octanol–water partition coefficient (Wildman–Crippen LogP) is 4.80. The lowest BCUT2D eigenvalue weighted by atomic mass is 10.00. The minimum absolute atomic E-state index is 0.0207.